The number of aromatic nitrogens is 2. The second-order valence-electron chi connectivity index (χ2n) is 1.67. The Bertz CT molecular complexity index is 209. The molecule has 0 saturated heterocycles. The smallest absolute Gasteiger partial charge is 0.108 e. The van der Waals surface area contributed by atoms with Crippen LogP contribution in [-0.4, -0.2) is 23.4 Å². The van der Waals surface area contributed by atoms with Crippen LogP contribution in [0.2, 0.25) is 0 Å². The number of terminal acetylenes is 2. The molecule has 0 unspecified atom stereocenters. The highest BCUT2D eigenvalue weighted by Crippen LogP contribution is 1.66. The van der Waals surface area contributed by atoms with Gasteiger partial charge in [0.15, 0.2) is 0 Å². The molecular weight excluding hydrogens is 152 g/mol. The Morgan fingerprint density at radius 2 is 2.00 bits per heavy atom. The molecule has 62 valence electrons. The predicted molar refractivity (Wildman–Crippen MR) is 47.1 cm³/mol. The minimum atomic E-state index is 0.310. The van der Waals surface area contributed by atoms with E-state index in [1.807, 2.05) is 6.07 Å². The van der Waals surface area contributed by atoms with Crippen LogP contribution in [0, 0.1) is 24.7 Å². The van der Waals surface area contributed by atoms with Gasteiger partial charge in [-0.15, -0.1) is 12.8 Å². The number of hydrogen-bond donors (Lipinski definition) is 1. The van der Waals surface area contributed by atoms with Crippen molar-refractivity contribution in [2.24, 2.45) is 0 Å². The minimum absolute atomic E-state index is 0.310. The third kappa shape index (κ3) is 8.29. The maximum Gasteiger partial charge on any atom is 0.108 e. The van der Waals surface area contributed by atoms with Crippen molar-refractivity contribution in [3.8, 4) is 24.7 Å². The highest BCUT2D eigenvalue weighted by Gasteiger charge is 1.71. The highest BCUT2D eigenvalue weighted by atomic mass is 16.5. The second-order valence-corrected chi connectivity index (χ2v) is 1.67. The number of aromatic amines is 1. The molecule has 3 heteroatoms. The number of nitrogens with zero attached hydrogens (tertiary/aromatic N) is 1. The summed E-state index contributed by atoms with van der Waals surface area (Å²) in [6.07, 6.45) is 13.1. The van der Waals surface area contributed by atoms with Crippen molar-refractivity contribution in [2.45, 2.75) is 0 Å². The lowest BCUT2D eigenvalue weighted by molar-refractivity contribution is 0.205. The summed E-state index contributed by atoms with van der Waals surface area (Å²) in [7, 11) is 0. The van der Waals surface area contributed by atoms with Gasteiger partial charge in [0, 0.05) is 12.4 Å². The Kier molecular flexibility index (Phi) is 7.97. The van der Waals surface area contributed by atoms with Crippen molar-refractivity contribution in [2.75, 3.05) is 13.2 Å². The molecule has 12 heavy (non-hydrogen) atoms. The Labute approximate surface area is 72.1 Å². The van der Waals surface area contributed by atoms with E-state index in [4.69, 9.17) is 12.8 Å². The molecule has 3 nitrogen and oxygen atoms in total. The van der Waals surface area contributed by atoms with Gasteiger partial charge in [0.1, 0.15) is 13.2 Å². The van der Waals surface area contributed by atoms with Gasteiger partial charge in [-0.3, -0.25) is 5.10 Å². The molecule has 0 aliphatic carbocycles. The second kappa shape index (κ2) is 9.29. The first-order chi connectivity index (χ1) is 5.91. The Morgan fingerprint density at radius 3 is 2.25 bits per heavy atom. The fourth-order valence-corrected chi connectivity index (χ4v) is 0.384. The topological polar surface area (TPSA) is 37.9 Å². The van der Waals surface area contributed by atoms with Crippen LogP contribution in [0.1, 0.15) is 0 Å². The Balaban J connectivity index is 0.000000211. The van der Waals surface area contributed by atoms with Gasteiger partial charge in [-0.2, -0.15) is 5.10 Å². The van der Waals surface area contributed by atoms with E-state index in [-0.39, 0.29) is 0 Å². The van der Waals surface area contributed by atoms with Gasteiger partial charge in [-0.1, -0.05) is 11.8 Å². The third-order valence-corrected chi connectivity index (χ3v) is 0.777. The predicted octanol–water partition coefficient (Wildman–Crippen LogP) is 0.679. The van der Waals surface area contributed by atoms with Gasteiger partial charge in [0.2, 0.25) is 0 Å². The van der Waals surface area contributed by atoms with Crippen LogP contribution < -0.4 is 0 Å². The number of H-pyrrole nitrogens is 1. The zero-order chi connectivity index (χ0) is 9.07. The molecule has 1 N–H and O–H groups in total. The molecule has 0 spiro atoms. The number of rotatable bonds is 2. The molecule has 0 amide bonds. The van der Waals surface area contributed by atoms with Gasteiger partial charge >= 0.3 is 0 Å². The van der Waals surface area contributed by atoms with Crippen molar-refractivity contribution in [3.05, 3.63) is 18.5 Å². The van der Waals surface area contributed by atoms with E-state index in [0.717, 1.165) is 0 Å². The van der Waals surface area contributed by atoms with E-state index in [0.29, 0.717) is 13.2 Å². The summed E-state index contributed by atoms with van der Waals surface area (Å²) in [6, 6.07) is 1.83. The van der Waals surface area contributed by atoms with Crippen molar-refractivity contribution in [1.29, 1.82) is 0 Å². The first kappa shape index (κ1) is 10.3. The van der Waals surface area contributed by atoms with Crippen LogP contribution >= 0.6 is 0 Å². The molecule has 0 atom stereocenters. The highest BCUT2D eigenvalue weighted by molar-refractivity contribution is 4.87. The molecule has 0 aromatic carbocycles. The van der Waals surface area contributed by atoms with Gasteiger partial charge in [0.25, 0.3) is 0 Å². The molecule has 0 fully saturated rings. The van der Waals surface area contributed by atoms with Crippen molar-refractivity contribution in [3.63, 3.8) is 0 Å². The molecule has 1 aromatic rings. The monoisotopic (exact) mass is 162 g/mol. The van der Waals surface area contributed by atoms with Crippen LogP contribution in [-0.2, 0) is 4.74 Å². The summed E-state index contributed by atoms with van der Waals surface area (Å²) < 4.78 is 4.66. The fraction of sp³-hybridized carbons (Fsp3) is 0.222. The van der Waals surface area contributed by atoms with Crippen LogP contribution in [0.5, 0.6) is 0 Å². The lowest BCUT2D eigenvalue weighted by atomic mass is 10.7. The molecule has 0 saturated carbocycles. The van der Waals surface area contributed by atoms with Gasteiger partial charge in [0.05, 0.1) is 0 Å². The molecule has 0 aliphatic rings. The van der Waals surface area contributed by atoms with E-state index in [2.05, 4.69) is 26.8 Å². The first-order valence-corrected chi connectivity index (χ1v) is 3.30. The summed E-state index contributed by atoms with van der Waals surface area (Å²) >= 11 is 0. The maximum absolute atomic E-state index is 4.83. The van der Waals surface area contributed by atoms with Gasteiger partial charge in [-0.25, -0.2) is 0 Å². The summed E-state index contributed by atoms with van der Waals surface area (Å²) in [5.41, 5.74) is 0. The van der Waals surface area contributed by atoms with Crippen LogP contribution in [0.15, 0.2) is 18.5 Å². The average molecular weight is 162 g/mol. The van der Waals surface area contributed by atoms with Crippen LogP contribution in [0.4, 0.5) is 0 Å². The molecule has 0 radical (unpaired) electrons. The van der Waals surface area contributed by atoms with Gasteiger partial charge in [-0.05, 0) is 6.07 Å². The summed E-state index contributed by atoms with van der Waals surface area (Å²) in [5, 5.41) is 6.21. The quantitative estimate of drug-likeness (QED) is 0.513. The zero-order valence-electron chi connectivity index (χ0n) is 6.66. The Hall–Kier alpha value is -1.71. The fourth-order valence-electron chi connectivity index (χ4n) is 0.384. The largest absolute Gasteiger partial charge is 0.356 e. The van der Waals surface area contributed by atoms with E-state index in [1.165, 1.54) is 0 Å². The van der Waals surface area contributed by atoms with E-state index in [1.54, 1.807) is 12.4 Å². The van der Waals surface area contributed by atoms with E-state index >= 15 is 0 Å². The molecule has 1 rings (SSSR count). The maximum atomic E-state index is 4.83. The Morgan fingerprint density at radius 1 is 1.33 bits per heavy atom. The molecule has 0 aliphatic heterocycles. The molecular formula is C9H10N2O. The molecule has 1 aromatic heterocycles. The average Bonchev–Trinajstić information content (AvgIpc) is 2.62. The van der Waals surface area contributed by atoms with Crippen LogP contribution in [0.3, 0.4) is 0 Å². The SMILES string of the molecule is C#CCOCC#C.c1cn[nH]c1. The lowest BCUT2D eigenvalue weighted by Gasteiger charge is -1.86. The summed E-state index contributed by atoms with van der Waals surface area (Å²) in [5.74, 6) is 4.57. The number of hydrogen-bond acceptors (Lipinski definition) is 2. The zero-order valence-corrected chi connectivity index (χ0v) is 6.66. The summed E-state index contributed by atoms with van der Waals surface area (Å²) in [4.78, 5) is 0. The van der Waals surface area contributed by atoms with Gasteiger partial charge < -0.3 is 4.74 Å². The van der Waals surface area contributed by atoms with E-state index < -0.39 is 0 Å². The normalized spacial score (nSPS) is 7.17. The van der Waals surface area contributed by atoms with Crippen molar-refractivity contribution in [1.82, 2.24) is 10.2 Å². The number of ether oxygens (including phenoxy) is 1. The van der Waals surface area contributed by atoms with Crippen LogP contribution in [0.25, 0.3) is 0 Å². The van der Waals surface area contributed by atoms with E-state index in [9.17, 15) is 0 Å². The number of nitrogens with one attached hydrogen (secondary N) is 1. The van der Waals surface area contributed by atoms with Crippen molar-refractivity contribution >= 4 is 0 Å². The lowest BCUT2D eigenvalue weighted by Crippen LogP contribution is -1.89. The third-order valence-electron chi connectivity index (χ3n) is 0.777. The molecule has 1 heterocycles. The minimum Gasteiger partial charge on any atom is -0.356 e. The summed E-state index contributed by atoms with van der Waals surface area (Å²) in [6.45, 7) is 0.619. The first-order valence-electron chi connectivity index (χ1n) is 3.30. The molecule has 0 bridgehead atoms. The van der Waals surface area contributed by atoms with Crippen molar-refractivity contribution < 1.29 is 4.74 Å². The standard InChI is InChI=1S/C6H6O.C3H4N2/c1-3-5-7-6-4-2;1-2-4-5-3-1/h1-2H,5-6H2;1-3H,(H,4,5).